The predicted molar refractivity (Wildman–Crippen MR) is 132 cm³/mol. The maximum atomic E-state index is 14.3. The molecular weight excluding hydrogens is 540 g/mol. The van der Waals surface area contributed by atoms with Crippen molar-refractivity contribution < 1.29 is 47.7 Å². The molecule has 38 heavy (non-hydrogen) atoms. The number of Topliss-reactive ketones (excluding diaryl/α,β-unsaturated/α-hetero) is 1. The van der Waals surface area contributed by atoms with Crippen molar-refractivity contribution in [2.45, 2.75) is 93.6 Å². The molecule has 6 fully saturated rings. The van der Waals surface area contributed by atoms with E-state index in [1.165, 1.54) is 37.6 Å². The van der Waals surface area contributed by atoms with Gasteiger partial charge in [-0.3, -0.25) is 28.8 Å². The van der Waals surface area contributed by atoms with E-state index >= 15 is 0 Å². The number of rotatable bonds is 4. The van der Waals surface area contributed by atoms with Crippen LogP contribution in [0, 0.1) is 5.41 Å². The minimum atomic E-state index is -1.74. The Bertz CT molecular complexity index is 1190. The van der Waals surface area contributed by atoms with Gasteiger partial charge in [-0.1, -0.05) is 24.6 Å². The largest absolute Gasteiger partial charge is 0.462 e. The molecule has 1 saturated carbocycles. The third-order valence-electron chi connectivity index (χ3n) is 8.66. The lowest BCUT2D eigenvalue weighted by Gasteiger charge is -2.58. The summed E-state index contributed by atoms with van der Waals surface area (Å²) in [4.78, 5) is 78.3. The highest BCUT2D eigenvalue weighted by Gasteiger charge is 2.86. The summed E-state index contributed by atoms with van der Waals surface area (Å²) >= 11 is 0. The normalized spacial score (nSPS) is 42.4. The van der Waals surface area contributed by atoms with Crippen LogP contribution in [0.2, 0.25) is 0 Å². The van der Waals surface area contributed by atoms with E-state index < -0.39 is 74.3 Å². The zero-order valence-electron chi connectivity index (χ0n) is 22.1. The topological polar surface area (TPSA) is 146 Å². The quantitative estimate of drug-likeness (QED) is 0.268. The highest BCUT2D eigenvalue weighted by Crippen LogP contribution is 2.70. The Balaban J connectivity index is 1.70. The van der Waals surface area contributed by atoms with Gasteiger partial charge in [0, 0.05) is 40.7 Å². The Hall–Kier alpha value is -2.32. The smallest absolute Gasteiger partial charge is 0.303 e. The fourth-order valence-corrected chi connectivity index (χ4v) is 10.4. The number of nitrogens with zero attached hydrogens (tertiary/aromatic N) is 2. The summed E-state index contributed by atoms with van der Waals surface area (Å²) in [7, 11) is 3.67. The maximum Gasteiger partial charge on any atom is 0.303 e. The van der Waals surface area contributed by atoms with E-state index in [-0.39, 0.29) is 25.2 Å². The molecule has 0 aromatic heterocycles. The fourth-order valence-electron chi connectivity index (χ4n) is 6.68. The number of ether oxygens (including phenoxy) is 4. The van der Waals surface area contributed by atoms with Gasteiger partial charge in [-0.05, 0) is 17.7 Å². The molecule has 14 heteroatoms. The number of amides is 2. The van der Waals surface area contributed by atoms with Crippen LogP contribution >= 0.6 is 21.6 Å². The molecule has 2 spiro atoms. The number of esters is 3. The minimum Gasteiger partial charge on any atom is -0.462 e. The van der Waals surface area contributed by atoms with E-state index in [0.717, 1.165) is 21.6 Å². The summed E-state index contributed by atoms with van der Waals surface area (Å²) in [5.41, 5.74) is -4.41. The SMILES string of the molecule is CC(=O)OC[C@@]12SS[C@]3(C[C@]4(OC(C)=O)[C@@H](C[C@@]5(O[C@H](C)C(C)(C)C5=O)[C@H]4OC(C)=O)N3C1=O)C(=O)N2C. The van der Waals surface area contributed by atoms with Gasteiger partial charge in [0.2, 0.25) is 4.87 Å². The summed E-state index contributed by atoms with van der Waals surface area (Å²) in [6.07, 6.45) is -2.34. The van der Waals surface area contributed by atoms with E-state index in [1.54, 1.807) is 20.8 Å². The zero-order chi connectivity index (χ0) is 28.2. The molecule has 1 aliphatic carbocycles. The first kappa shape index (κ1) is 27.3. The monoisotopic (exact) mass is 570 g/mol. The Morgan fingerprint density at radius 1 is 1.03 bits per heavy atom. The molecule has 2 amide bonds. The summed E-state index contributed by atoms with van der Waals surface area (Å²) in [5, 5.41) is 0. The summed E-state index contributed by atoms with van der Waals surface area (Å²) in [5.74, 6) is -3.39. The Labute approximate surface area is 227 Å². The van der Waals surface area contributed by atoms with Gasteiger partial charge in [0.15, 0.2) is 28.0 Å². The van der Waals surface area contributed by atoms with Crippen LogP contribution in [0.15, 0.2) is 0 Å². The molecule has 6 aliphatic rings. The van der Waals surface area contributed by atoms with Crippen molar-refractivity contribution in [2.75, 3.05) is 13.7 Å². The average molecular weight is 571 g/mol. The number of piperazine rings is 1. The van der Waals surface area contributed by atoms with E-state index in [1.807, 2.05) is 0 Å². The highest BCUT2D eigenvalue weighted by atomic mass is 33.1. The number of fused-ring (bicyclic) bond motifs is 3. The standard InChI is InChI=1S/C24H30N2O10S2/c1-11-20(5,6)16(30)21(35-11)8-15-22(36-14(4)29,17(21)34-13(3)28)9-23-18(31)25(7)24(38-37-23,10-33-12(2)27)19(32)26(15)23/h11,15,17H,8-10H2,1-7H3/t11-,15-,17-,21+,22+,23-,24-/m1/s1. The molecule has 5 aliphatic heterocycles. The minimum absolute atomic E-state index is 0.149. The number of ketones is 1. The van der Waals surface area contributed by atoms with Crippen LogP contribution in [0.5, 0.6) is 0 Å². The summed E-state index contributed by atoms with van der Waals surface area (Å²) < 4.78 is 23.3. The molecule has 0 unspecified atom stereocenters. The number of hydrogen-bond donors (Lipinski definition) is 0. The molecule has 208 valence electrons. The van der Waals surface area contributed by atoms with Crippen LogP contribution in [0.3, 0.4) is 0 Å². The zero-order valence-corrected chi connectivity index (χ0v) is 23.8. The average Bonchev–Trinajstić information content (AvgIpc) is 3.28. The predicted octanol–water partition coefficient (Wildman–Crippen LogP) is 0.800. The van der Waals surface area contributed by atoms with Gasteiger partial charge in [-0.15, -0.1) is 0 Å². The van der Waals surface area contributed by atoms with Crippen LogP contribution in [0.4, 0.5) is 0 Å². The second-order valence-corrected chi connectivity index (χ2v) is 13.9. The molecule has 6 rings (SSSR count). The van der Waals surface area contributed by atoms with Crippen molar-refractivity contribution in [2.24, 2.45) is 5.41 Å². The van der Waals surface area contributed by atoms with E-state index in [4.69, 9.17) is 18.9 Å². The van der Waals surface area contributed by atoms with Crippen molar-refractivity contribution in [1.82, 2.24) is 9.80 Å². The van der Waals surface area contributed by atoms with Crippen LogP contribution in [-0.4, -0.2) is 98.2 Å². The third kappa shape index (κ3) is 3.10. The summed E-state index contributed by atoms with van der Waals surface area (Å²) in [6.45, 7) is 8.34. The van der Waals surface area contributed by atoms with Crippen molar-refractivity contribution in [3.63, 3.8) is 0 Å². The number of carbonyl (C=O) groups is 6. The first-order valence-corrected chi connectivity index (χ1v) is 14.4. The van der Waals surface area contributed by atoms with Crippen LogP contribution in [0.1, 0.15) is 54.4 Å². The van der Waals surface area contributed by atoms with E-state index in [2.05, 4.69) is 0 Å². The second kappa shape index (κ2) is 8.10. The van der Waals surface area contributed by atoms with E-state index in [9.17, 15) is 28.8 Å². The summed E-state index contributed by atoms with van der Waals surface area (Å²) in [6, 6.07) is -1.03. The van der Waals surface area contributed by atoms with Crippen molar-refractivity contribution >= 4 is 57.1 Å². The lowest BCUT2D eigenvalue weighted by atomic mass is 9.76. The lowest BCUT2D eigenvalue weighted by Crippen LogP contribution is -2.77. The van der Waals surface area contributed by atoms with Gasteiger partial charge in [0.25, 0.3) is 11.8 Å². The molecule has 0 aromatic rings. The van der Waals surface area contributed by atoms with Crippen LogP contribution < -0.4 is 0 Å². The first-order valence-electron chi connectivity index (χ1n) is 12.2. The number of likely N-dealkylation sites (N-methyl/N-ethyl adjacent to an activating group) is 1. The molecule has 0 N–H and O–H groups in total. The van der Waals surface area contributed by atoms with Crippen molar-refractivity contribution in [1.29, 1.82) is 0 Å². The van der Waals surface area contributed by atoms with Gasteiger partial charge in [0.05, 0.1) is 17.6 Å². The van der Waals surface area contributed by atoms with Gasteiger partial charge in [-0.2, -0.15) is 0 Å². The van der Waals surface area contributed by atoms with Crippen molar-refractivity contribution in [3.8, 4) is 0 Å². The second-order valence-electron chi connectivity index (χ2n) is 11.2. The van der Waals surface area contributed by atoms with E-state index in [0.29, 0.717) is 0 Å². The molecule has 5 heterocycles. The van der Waals surface area contributed by atoms with Crippen molar-refractivity contribution in [3.05, 3.63) is 0 Å². The number of hydrogen-bond acceptors (Lipinski definition) is 12. The Morgan fingerprint density at radius 2 is 1.68 bits per heavy atom. The molecule has 0 aromatic carbocycles. The molecule has 12 nitrogen and oxygen atoms in total. The number of carbonyl (C=O) groups excluding carboxylic acids is 6. The molecule has 5 saturated heterocycles. The molecule has 2 bridgehead atoms. The Morgan fingerprint density at radius 3 is 2.21 bits per heavy atom. The lowest BCUT2D eigenvalue weighted by molar-refractivity contribution is -0.202. The Kier molecular flexibility index (Phi) is 5.81. The maximum absolute atomic E-state index is 14.3. The third-order valence-corrected chi connectivity index (χ3v) is 12.3. The first-order chi connectivity index (χ1) is 17.5. The molecule has 0 radical (unpaired) electrons. The molecule has 7 atom stereocenters. The highest BCUT2D eigenvalue weighted by molar-refractivity contribution is 8.78. The van der Waals surface area contributed by atoms with Gasteiger partial charge in [-0.25, -0.2) is 0 Å². The van der Waals surface area contributed by atoms with Crippen LogP contribution in [0.25, 0.3) is 0 Å². The van der Waals surface area contributed by atoms with Gasteiger partial charge >= 0.3 is 17.9 Å². The van der Waals surface area contributed by atoms with Gasteiger partial charge in [0.1, 0.15) is 6.61 Å². The fraction of sp³-hybridized carbons (Fsp3) is 0.750. The molecular formula is C24H30N2O10S2. The van der Waals surface area contributed by atoms with Gasteiger partial charge < -0.3 is 28.7 Å². The van der Waals surface area contributed by atoms with Crippen LogP contribution in [-0.2, 0) is 47.7 Å².